The van der Waals surface area contributed by atoms with Crippen molar-refractivity contribution in [2.24, 2.45) is 17.8 Å². The largest absolute Gasteiger partial charge is 0.426 e. The number of benzene rings is 1. The van der Waals surface area contributed by atoms with Crippen LogP contribution < -0.4 is 4.74 Å². The van der Waals surface area contributed by atoms with Gasteiger partial charge >= 0.3 is 12.1 Å². The van der Waals surface area contributed by atoms with Gasteiger partial charge in [-0.3, -0.25) is 4.79 Å². The predicted octanol–water partition coefficient (Wildman–Crippen LogP) is 8.03. The summed E-state index contributed by atoms with van der Waals surface area (Å²) in [6.45, 7) is 2.16. The Kier molecular flexibility index (Phi) is 8.34. The third kappa shape index (κ3) is 6.79. The maximum atomic E-state index is 14.7. The average molecular weight is 459 g/mol. The lowest BCUT2D eigenvalue weighted by Gasteiger charge is -2.28. The summed E-state index contributed by atoms with van der Waals surface area (Å²) in [5, 5.41) is 0. The fraction of sp³-hybridized carbons (Fsp3) is 0.640. The van der Waals surface area contributed by atoms with E-state index in [0.29, 0.717) is 24.3 Å². The monoisotopic (exact) mass is 458 g/mol. The molecule has 1 aromatic carbocycles. The molecule has 3 rings (SSSR count). The molecule has 0 radical (unpaired) electrons. The number of rotatable bonds is 6. The van der Waals surface area contributed by atoms with E-state index in [9.17, 15) is 26.7 Å². The van der Waals surface area contributed by atoms with Crippen molar-refractivity contribution in [2.75, 3.05) is 0 Å². The van der Waals surface area contributed by atoms with Gasteiger partial charge < -0.3 is 4.74 Å². The van der Waals surface area contributed by atoms with Crippen molar-refractivity contribution < 1.29 is 31.5 Å². The van der Waals surface area contributed by atoms with Crippen LogP contribution in [0.3, 0.4) is 0 Å². The Bertz CT molecular complexity index is 801. The molecule has 0 amide bonds. The van der Waals surface area contributed by atoms with Crippen molar-refractivity contribution >= 4 is 5.97 Å². The van der Waals surface area contributed by atoms with E-state index >= 15 is 0 Å². The van der Waals surface area contributed by atoms with Gasteiger partial charge in [0.05, 0.1) is 12.0 Å². The fourth-order valence-electron chi connectivity index (χ4n) is 5.15. The summed E-state index contributed by atoms with van der Waals surface area (Å²) < 4.78 is 71.0. The predicted molar refractivity (Wildman–Crippen MR) is 112 cm³/mol. The summed E-state index contributed by atoms with van der Waals surface area (Å²) >= 11 is 0. The van der Waals surface area contributed by atoms with Gasteiger partial charge in [0, 0.05) is 12.0 Å². The Morgan fingerprint density at radius 2 is 1.66 bits per heavy atom. The number of ether oxygens (including phenoxy) is 1. The van der Waals surface area contributed by atoms with E-state index in [1.807, 2.05) is 0 Å². The number of carbonyl (C=O) groups excluding carboxylic acids is 1. The molecule has 0 bridgehead atoms. The van der Waals surface area contributed by atoms with Gasteiger partial charge in [0.2, 0.25) is 0 Å². The van der Waals surface area contributed by atoms with E-state index in [2.05, 4.69) is 6.92 Å². The van der Waals surface area contributed by atoms with Crippen LogP contribution in [0.15, 0.2) is 30.1 Å². The molecule has 1 aromatic rings. The van der Waals surface area contributed by atoms with Crippen molar-refractivity contribution in [1.29, 1.82) is 0 Å². The zero-order chi connectivity index (χ0) is 23.3. The van der Waals surface area contributed by atoms with Crippen molar-refractivity contribution in [2.45, 2.75) is 83.2 Å². The lowest BCUT2D eigenvalue weighted by Crippen LogP contribution is -2.25. The molecule has 0 atom stereocenters. The highest BCUT2D eigenvalue weighted by Crippen LogP contribution is 2.41. The number of halogens is 5. The summed E-state index contributed by atoms with van der Waals surface area (Å²) in [6.07, 6.45) is 2.28. The van der Waals surface area contributed by atoms with Crippen molar-refractivity contribution in [3.8, 4) is 5.75 Å². The van der Waals surface area contributed by atoms with Gasteiger partial charge in [-0.2, -0.15) is 13.2 Å². The maximum absolute atomic E-state index is 14.7. The lowest BCUT2D eigenvalue weighted by molar-refractivity contribution is -0.140. The van der Waals surface area contributed by atoms with Crippen LogP contribution >= 0.6 is 0 Å². The fourth-order valence-corrected chi connectivity index (χ4v) is 5.15. The summed E-state index contributed by atoms with van der Waals surface area (Å²) in [7, 11) is 0. The molecule has 32 heavy (non-hydrogen) atoms. The number of esters is 1. The molecule has 2 saturated carbocycles. The first-order valence-corrected chi connectivity index (χ1v) is 11.6. The Morgan fingerprint density at radius 1 is 1.03 bits per heavy atom. The third-order valence-corrected chi connectivity index (χ3v) is 6.93. The summed E-state index contributed by atoms with van der Waals surface area (Å²) in [4.78, 5) is 12.5. The van der Waals surface area contributed by atoms with E-state index in [-0.39, 0.29) is 42.5 Å². The lowest BCUT2D eigenvalue weighted by atomic mass is 9.78. The highest BCUT2D eigenvalue weighted by Gasteiger charge is 2.32. The number of alkyl halides is 3. The van der Waals surface area contributed by atoms with Crippen LogP contribution in [0.25, 0.3) is 0 Å². The summed E-state index contributed by atoms with van der Waals surface area (Å²) in [5.41, 5.74) is 0.434. The zero-order valence-corrected chi connectivity index (χ0v) is 18.4. The minimum Gasteiger partial charge on any atom is -0.426 e. The van der Waals surface area contributed by atoms with Gasteiger partial charge in [-0.25, -0.2) is 8.78 Å². The molecule has 2 aliphatic carbocycles. The molecule has 0 unspecified atom stereocenters. The first kappa shape index (κ1) is 24.7. The molecule has 0 heterocycles. The van der Waals surface area contributed by atoms with Crippen LogP contribution in [0, 0.1) is 23.6 Å². The van der Waals surface area contributed by atoms with Crippen molar-refractivity contribution in [1.82, 2.24) is 0 Å². The molecule has 2 fully saturated rings. The highest BCUT2D eigenvalue weighted by molar-refractivity contribution is 5.75. The molecule has 0 aliphatic heterocycles. The molecular weight excluding hydrogens is 427 g/mol. The standard InChI is InChI=1S/C25H31F5O2/c1-2-3-16-4-6-19(7-5-16)24(31)32-20-12-13-21(22(26)14-20)17-8-10-18(11-9-17)23(27)15-25(28,29)30/h12-19H,2-11H2,1H3. The molecular formula is C25H31F5O2. The van der Waals surface area contributed by atoms with Crippen LogP contribution in [0.1, 0.15) is 82.6 Å². The van der Waals surface area contributed by atoms with Gasteiger partial charge in [-0.05, 0) is 74.8 Å². The van der Waals surface area contributed by atoms with E-state index in [1.165, 1.54) is 12.5 Å². The SMILES string of the molecule is CCCC1CCC(C(=O)Oc2ccc(C3CCC(C(F)=CC(F)(F)F)CC3)c(F)c2)CC1. The van der Waals surface area contributed by atoms with Crippen LogP contribution in [0.4, 0.5) is 22.0 Å². The van der Waals surface area contributed by atoms with E-state index in [4.69, 9.17) is 4.74 Å². The van der Waals surface area contributed by atoms with Crippen LogP contribution in [0.5, 0.6) is 5.75 Å². The molecule has 0 N–H and O–H groups in total. The number of hydrogen-bond donors (Lipinski definition) is 0. The first-order chi connectivity index (χ1) is 15.2. The topological polar surface area (TPSA) is 26.3 Å². The molecule has 2 nitrogen and oxygen atoms in total. The van der Waals surface area contributed by atoms with Gasteiger partial charge in [0.1, 0.15) is 17.4 Å². The number of carbonyl (C=O) groups is 1. The second-order valence-electron chi connectivity index (χ2n) is 9.23. The van der Waals surface area contributed by atoms with E-state index in [0.717, 1.165) is 32.1 Å². The minimum absolute atomic E-state index is 0.152. The van der Waals surface area contributed by atoms with Gasteiger partial charge in [0.15, 0.2) is 0 Å². The Hall–Kier alpha value is -1.92. The Morgan fingerprint density at radius 3 is 2.22 bits per heavy atom. The minimum atomic E-state index is -4.67. The summed E-state index contributed by atoms with van der Waals surface area (Å²) in [5.74, 6) is -2.25. The van der Waals surface area contributed by atoms with E-state index < -0.39 is 23.7 Å². The van der Waals surface area contributed by atoms with E-state index in [1.54, 1.807) is 12.1 Å². The molecule has 2 aliphatic rings. The highest BCUT2D eigenvalue weighted by atomic mass is 19.4. The van der Waals surface area contributed by atoms with Gasteiger partial charge in [-0.15, -0.1) is 0 Å². The summed E-state index contributed by atoms with van der Waals surface area (Å²) in [6, 6.07) is 4.34. The van der Waals surface area contributed by atoms with Crippen molar-refractivity contribution in [3.63, 3.8) is 0 Å². The first-order valence-electron chi connectivity index (χ1n) is 11.6. The maximum Gasteiger partial charge on any atom is 0.412 e. The molecule has 0 saturated heterocycles. The average Bonchev–Trinajstić information content (AvgIpc) is 2.73. The molecule has 0 aromatic heterocycles. The molecule has 7 heteroatoms. The van der Waals surface area contributed by atoms with Crippen LogP contribution in [0.2, 0.25) is 0 Å². The molecule has 178 valence electrons. The quantitative estimate of drug-likeness (QED) is 0.245. The third-order valence-electron chi connectivity index (χ3n) is 6.93. The Balaban J connectivity index is 1.53. The number of allylic oxidation sites excluding steroid dienone is 2. The second kappa shape index (κ2) is 10.8. The second-order valence-corrected chi connectivity index (χ2v) is 9.23. The van der Waals surface area contributed by atoms with Gasteiger partial charge in [-0.1, -0.05) is 25.8 Å². The van der Waals surface area contributed by atoms with Crippen molar-refractivity contribution in [3.05, 3.63) is 41.5 Å². The zero-order valence-electron chi connectivity index (χ0n) is 18.4. The molecule has 0 spiro atoms. The van der Waals surface area contributed by atoms with Gasteiger partial charge in [0.25, 0.3) is 0 Å². The smallest absolute Gasteiger partial charge is 0.412 e. The number of hydrogen-bond acceptors (Lipinski definition) is 2. The Labute approximate surface area is 186 Å². The normalized spacial score (nSPS) is 27.2. The van der Waals surface area contributed by atoms with Crippen LogP contribution in [-0.4, -0.2) is 12.1 Å². The van der Waals surface area contributed by atoms with Crippen LogP contribution in [-0.2, 0) is 4.79 Å².